The van der Waals surface area contributed by atoms with E-state index in [1.165, 1.54) is 0 Å². The summed E-state index contributed by atoms with van der Waals surface area (Å²) >= 11 is 0. The number of hydrogen-bond acceptors (Lipinski definition) is 4. The summed E-state index contributed by atoms with van der Waals surface area (Å²) in [4.78, 5) is 16.5. The number of benzene rings is 1. The van der Waals surface area contributed by atoms with E-state index in [4.69, 9.17) is 0 Å². The third kappa shape index (κ3) is 3.43. The molecule has 1 amide bonds. The Labute approximate surface area is 138 Å². The van der Waals surface area contributed by atoms with Crippen LogP contribution in [0.25, 0.3) is 0 Å². The van der Waals surface area contributed by atoms with E-state index < -0.39 is 9.84 Å². The summed E-state index contributed by atoms with van der Waals surface area (Å²) in [5.74, 6) is 0.759. The molecule has 0 bridgehead atoms. The van der Waals surface area contributed by atoms with Crippen molar-refractivity contribution in [3.05, 3.63) is 30.3 Å². The highest BCUT2D eigenvalue weighted by Gasteiger charge is 2.49. The zero-order valence-corrected chi connectivity index (χ0v) is 14.5. The molecule has 0 aromatic heterocycles. The van der Waals surface area contributed by atoms with Gasteiger partial charge in [0.2, 0.25) is 5.91 Å². The van der Waals surface area contributed by atoms with E-state index in [1.807, 2.05) is 30.3 Å². The standard InChI is InChI=1S/C17H24N2O3S/c1-13(2)8-9-18-10-17(20)19(14-6-4-3-5-7-14)16-12-23(21,22)11-15(16)18/h3-7,13,15-16H,8-12H2,1-2H3/t15-,16+/m1/s1. The third-order valence-corrected chi connectivity index (χ3v) is 6.43. The third-order valence-electron chi connectivity index (χ3n) is 4.73. The minimum Gasteiger partial charge on any atom is -0.306 e. The molecule has 126 valence electrons. The van der Waals surface area contributed by atoms with Gasteiger partial charge < -0.3 is 4.90 Å². The Hall–Kier alpha value is -1.40. The maximum atomic E-state index is 12.7. The zero-order valence-electron chi connectivity index (χ0n) is 13.7. The molecule has 0 aliphatic carbocycles. The lowest BCUT2D eigenvalue weighted by molar-refractivity contribution is -0.123. The van der Waals surface area contributed by atoms with E-state index in [1.54, 1.807) is 4.90 Å². The van der Waals surface area contributed by atoms with Crippen molar-refractivity contribution in [2.75, 3.05) is 29.5 Å². The molecule has 2 atom stereocenters. The summed E-state index contributed by atoms with van der Waals surface area (Å²) in [5, 5.41) is 0. The first kappa shape index (κ1) is 16.5. The van der Waals surface area contributed by atoms with Gasteiger partial charge in [-0.2, -0.15) is 0 Å². The summed E-state index contributed by atoms with van der Waals surface area (Å²) in [6, 6.07) is 9.06. The summed E-state index contributed by atoms with van der Waals surface area (Å²) in [7, 11) is -3.10. The second-order valence-electron chi connectivity index (χ2n) is 6.96. The number of carbonyl (C=O) groups excluding carboxylic acids is 1. The van der Waals surface area contributed by atoms with Crippen molar-refractivity contribution in [2.24, 2.45) is 5.92 Å². The van der Waals surface area contributed by atoms with Crippen LogP contribution >= 0.6 is 0 Å². The highest BCUT2D eigenvalue weighted by atomic mass is 32.2. The fourth-order valence-electron chi connectivity index (χ4n) is 3.55. The van der Waals surface area contributed by atoms with Crippen molar-refractivity contribution in [1.82, 2.24) is 4.90 Å². The predicted molar refractivity (Wildman–Crippen MR) is 91.2 cm³/mol. The number of piperazine rings is 1. The van der Waals surface area contributed by atoms with Crippen LogP contribution in [0.1, 0.15) is 20.3 Å². The Morgan fingerprint density at radius 3 is 2.43 bits per heavy atom. The largest absolute Gasteiger partial charge is 0.306 e. The van der Waals surface area contributed by atoms with Gasteiger partial charge in [0.1, 0.15) is 0 Å². The quantitative estimate of drug-likeness (QED) is 0.837. The van der Waals surface area contributed by atoms with Gasteiger partial charge in [-0.05, 0) is 31.0 Å². The highest BCUT2D eigenvalue weighted by Crippen LogP contribution is 2.31. The van der Waals surface area contributed by atoms with Crippen LogP contribution in [0.2, 0.25) is 0 Å². The molecule has 3 rings (SSSR count). The van der Waals surface area contributed by atoms with Crippen molar-refractivity contribution in [2.45, 2.75) is 32.4 Å². The second-order valence-corrected chi connectivity index (χ2v) is 9.12. The van der Waals surface area contributed by atoms with E-state index in [-0.39, 0.29) is 29.5 Å². The first-order valence-electron chi connectivity index (χ1n) is 8.19. The molecular formula is C17H24N2O3S. The molecule has 2 saturated heterocycles. The fourth-order valence-corrected chi connectivity index (χ4v) is 5.53. The van der Waals surface area contributed by atoms with Gasteiger partial charge in [-0.3, -0.25) is 9.69 Å². The molecule has 2 fully saturated rings. The van der Waals surface area contributed by atoms with Gasteiger partial charge in [-0.15, -0.1) is 0 Å². The Morgan fingerprint density at radius 2 is 1.78 bits per heavy atom. The average molecular weight is 336 g/mol. The minimum absolute atomic E-state index is 0.00157. The van der Waals surface area contributed by atoms with Crippen LogP contribution in [-0.4, -0.2) is 55.9 Å². The lowest BCUT2D eigenvalue weighted by atomic mass is 10.0. The van der Waals surface area contributed by atoms with E-state index in [9.17, 15) is 13.2 Å². The molecule has 0 N–H and O–H groups in total. The Kier molecular flexibility index (Phi) is 4.47. The number of amides is 1. The van der Waals surface area contributed by atoms with E-state index in [0.717, 1.165) is 18.7 Å². The zero-order chi connectivity index (χ0) is 16.6. The number of sulfone groups is 1. The molecule has 5 nitrogen and oxygen atoms in total. The lowest BCUT2D eigenvalue weighted by Gasteiger charge is -2.43. The van der Waals surface area contributed by atoms with Crippen LogP contribution in [0, 0.1) is 5.92 Å². The first-order valence-corrected chi connectivity index (χ1v) is 10.0. The average Bonchev–Trinajstić information content (AvgIpc) is 2.80. The highest BCUT2D eigenvalue weighted by molar-refractivity contribution is 7.91. The smallest absolute Gasteiger partial charge is 0.241 e. The van der Waals surface area contributed by atoms with Crippen molar-refractivity contribution in [1.29, 1.82) is 0 Å². The predicted octanol–water partition coefficient (Wildman–Crippen LogP) is 1.55. The topological polar surface area (TPSA) is 57.7 Å². The van der Waals surface area contributed by atoms with Gasteiger partial charge in [0.15, 0.2) is 9.84 Å². The molecule has 2 heterocycles. The Morgan fingerprint density at radius 1 is 1.13 bits per heavy atom. The van der Waals surface area contributed by atoms with Crippen molar-refractivity contribution >= 4 is 21.4 Å². The van der Waals surface area contributed by atoms with Crippen LogP contribution in [0.15, 0.2) is 30.3 Å². The molecule has 23 heavy (non-hydrogen) atoms. The van der Waals surface area contributed by atoms with Crippen LogP contribution < -0.4 is 4.90 Å². The number of carbonyl (C=O) groups is 1. The van der Waals surface area contributed by atoms with Crippen molar-refractivity contribution in [3.63, 3.8) is 0 Å². The van der Waals surface area contributed by atoms with Crippen LogP contribution in [0.5, 0.6) is 0 Å². The fraction of sp³-hybridized carbons (Fsp3) is 0.588. The molecule has 0 spiro atoms. The molecule has 2 aliphatic rings. The van der Waals surface area contributed by atoms with E-state index >= 15 is 0 Å². The summed E-state index contributed by atoms with van der Waals surface area (Å²) < 4.78 is 24.4. The molecule has 1 aromatic rings. The summed E-state index contributed by atoms with van der Waals surface area (Å²) in [5.41, 5.74) is 0.799. The monoisotopic (exact) mass is 336 g/mol. The first-order chi connectivity index (χ1) is 10.9. The maximum absolute atomic E-state index is 12.7. The number of anilines is 1. The van der Waals surface area contributed by atoms with E-state index in [2.05, 4.69) is 18.7 Å². The lowest BCUT2D eigenvalue weighted by Crippen LogP contribution is -2.62. The van der Waals surface area contributed by atoms with Crippen LogP contribution in [0.4, 0.5) is 5.69 Å². The summed E-state index contributed by atoms with van der Waals surface area (Å²) in [6.45, 7) is 5.37. The second kappa shape index (κ2) is 6.24. The molecule has 6 heteroatoms. The Balaban J connectivity index is 1.90. The normalized spacial score (nSPS) is 27.4. The molecule has 0 radical (unpaired) electrons. The van der Waals surface area contributed by atoms with Crippen molar-refractivity contribution in [3.8, 4) is 0 Å². The number of fused-ring (bicyclic) bond motifs is 1. The van der Waals surface area contributed by atoms with Gasteiger partial charge in [0.05, 0.1) is 24.1 Å². The molecule has 1 aromatic carbocycles. The molecule has 0 saturated carbocycles. The minimum atomic E-state index is -3.10. The molecular weight excluding hydrogens is 312 g/mol. The number of hydrogen-bond donors (Lipinski definition) is 0. The number of nitrogens with zero attached hydrogens (tertiary/aromatic N) is 2. The number of para-hydroxylation sites is 1. The van der Waals surface area contributed by atoms with Gasteiger partial charge in [-0.1, -0.05) is 32.0 Å². The maximum Gasteiger partial charge on any atom is 0.241 e. The van der Waals surface area contributed by atoms with E-state index in [0.29, 0.717) is 12.5 Å². The summed E-state index contributed by atoms with van der Waals surface area (Å²) in [6.07, 6.45) is 0.974. The number of rotatable bonds is 4. The van der Waals surface area contributed by atoms with Gasteiger partial charge in [0.25, 0.3) is 0 Å². The van der Waals surface area contributed by atoms with Crippen LogP contribution in [0.3, 0.4) is 0 Å². The van der Waals surface area contributed by atoms with Gasteiger partial charge in [-0.25, -0.2) is 8.42 Å². The Bertz CT molecular complexity index is 672. The van der Waals surface area contributed by atoms with Crippen molar-refractivity contribution < 1.29 is 13.2 Å². The molecule has 0 unspecified atom stereocenters. The SMILES string of the molecule is CC(C)CCN1CC(=O)N(c2ccccc2)[C@H]2CS(=O)(=O)C[C@H]21. The van der Waals surface area contributed by atoms with Crippen LogP contribution in [-0.2, 0) is 14.6 Å². The molecule has 2 aliphatic heterocycles. The van der Waals surface area contributed by atoms with Gasteiger partial charge in [0, 0.05) is 11.7 Å². The van der Waals surface area contributed by atoms with Gasteiger partial charge >= 0.3 is 0 Å².